The summed E-state index contributed by atoms with van der Waals surface area (Å²) in [7, 11) is 1.92. The molecule has 8 heteroatoms. The fraction of sp³-hybridized carbons (Fsp3) is 0.538. The Morgan fingerprint density at radius 3 is 2.57 bits per heavy atom. The first-order valence-corrected chi connectivity index (χ1v) is 6.54. The van der Waals surface area contributed by atoms with Gasteiger partial charge in [-0.15, -0.1) is 0 Å². The van der Waals surface area contributed by atoms with E-state index in [1.807, 2.05) is 11.9 Å². The Kier molecular flexibility index (Phi) is 4.36. The second-order valence-electron chi connectivity index (χ2n) is 5.01. The Bertz CT molecular complexity index is 534. The molecule has 0 spiro atoms. The predicted octanol–water partition coefficient (Wildman–Crippen LogP) is 1.94. The van der Waals surface area contributed by atoms with Crippen LogP contribution in [-0.2, 0) is 6.18 Å². The summed E-state index contributed by atoms with van der Waals surface area (Å²) in [4.78, 5) is 18.4. The lowest BCUT2D eigenvalue weighted by Gasteiger charge is -2.24. The highest BCUT2D eigenvalue weighted by atomic mass is 19.4. The molecule has 0 amide bonds. The van der Waals surface area contributed by atoms with Gasteiger partial charge in [0.25, 0.3) is 0 Å². The number of carboxylic acid groups (broad SMARTS) is 1. The van der Waals surface area contributed by atoms with Crippen LogP contribution in [0.2, 0.25) is 0 Å². The lowest BCUT2D eigenvalue weighted by Crippen LogP contribution is -2.31. The molecule has 0 atom stereocenters. The summed E-state index contributed by atoms with van der Waals surface area (Å²) < 4.78 is 38.3. The maximum absolute atomic E-state index is 12.8. The zero-order valence-electron chi connectivity index (χ0n) is 11.5. The Morgan fingerprint density at radius 2 is 1.95 bits per heavy atom. The van der Waals surface area contributed by atoms with Crippen LogP contribution in [0.4, 0.5) is 19.0 Å². The second-order valence-corrected chi connectivity index (χ2v) is 5.01. The maximum Gasteiger partial charge on any atom is 0.433 e. The van der Waals surface area contributed by atoms with Gasteiger partial charge in [-0.05, 0) is 32.1 Å². The largest absolute Gasteiger partial charge is 0.478 e. The molecule has 0 saturated carbocycles. The number of aromatic carboxylic acids is 1. The second kappa shape index (κ2) is 5.88. The lowest BCUT2D eigenvalue weighted by atomic mass is 10.2. The molecule has 1 N–H and O–H groups in total. The Labute approximate surface area is 120 Å². The van der Waals surface area contributed by atoms with Gasteiger partial charge in [-0.1, -0.05) is 0 Å². The molecule has 1 aromatic rings. The number of carboxylic acids is 1. The van der Waals surface area contributed by atoms with Crippen molar-refractivity contribution in [1.29, 1.82) is 0 Å². The van der Waals surface area contributed by atoms with Crippen LogP contribution in [0.15, 0.2) is 12.1 Å². The summed E-state index contributed by atoms with van der Waals surface area (Å²) in [6.07, 6.45) is -3.85. The summed E-state index contributed by atoms with van der Waals surface area (Å²) in [6.45, 7) is 2.40. The maximum atomic E-state index is 12.8. The number of alkyl halides is 3. The standard InChI is InChI=1S/C13H16F3N3O2/c1-18-5-2-6-19(8-7-18)11-9(12(20)21)3-4-10(17-11)13(14,15)16/h3-4H,2,5-8H2,1H3,(H,20,21). The Hall–Kier alpha value is -1.83. The lowest BCUT2D eigenvalue weighted by molar-refractivity contribution is -0.141. The molecule has 116 valence electrons. The first-order valence-electron chi connectivity index (χ1n) is 6.54. The molecule has 21 heavy (non-hydrogen) atoms. The van der Waals surface area contributed by atoms with Crippen molar-refractivity contribution in [2.75, 3.05) is 38.1 Å². The minimum absolute atomic E-state index is 0.104. The highest BCUT2D eigenvalue weighted by Crippen LogP contribution is 2.31. The van der Waals surface area contributed by atoms with Gasteiger partial charge >= 0.3 is 12.1 Å². The van der Waals surface area contributed by atoms with Crippen LogP contribution in [0.5, 0.6) is 0 Å². The van der Waals surface area contributed by atoms with Crippen molar-refractivity contribution in [3.8, 4) is 0 Å². The van der Waals surface area contributed by atoms with E-state index in [2.05, 4.69) is 4.98 Å². The molecule has 1 aliphatic rings. The first-order chi connectivity index (χ1) is 9.79. The van der Waals surface area contributed by atoms with E-state index >= 15 is 0 Å². The zero-order valence-corrected chi connectivity index (χ0v) is 11.5. The van der Waals surface area contributed by atoms with Crippen molar-refractivity contribution in [1.82, 2.24) is 9.88 Å². The van der Waals surface area contributed by atoms with Crippen molar-refractivity contribution in [3.63, 3.8) is 0 Å². The van der Waals surface area contributed by atoms with E-state index in [4.69, 9.17) is 5.11 Å². The van der Waals surface area contributed by atoms with Crippen molar-refractivity contribution in [2.45, 2.75) is 12.6 Å². The van der Waals surface area contributed by atoms with Crippen molar-refractivity contribution >= 4 is 11.8 Å². The highest BCUT2D eigenvalue weighted by molar-refractivity contribution is 5.93. The monoisotopic (exact) mass is 303 g/mol. The number of hydrogen-bond donors (Lipinski definition) is 1. The van der Waals surface area contributed by atoms with Crippen molar-refractivity contribution in [3.05, 3.63) is 23.4 Å². The molecule has 0 unspecified atom stereocenters. The van der Waals surface area contributed by atoms with Gasteiger partial charge < -0.3 is 14.9 Å². The normalized spacial score (nSPS) is 17.6. The predicted molar refractivity (Wildman–Crippen MR) is 70.5 cm³/mol. The average molecular weight is 303 g/mol. The average Bonchev–Trinajstić information content (AvgIpc) is 2.61. The molecular formula is C13H16F3N3O2. The zero-order chi connectivity index (χ0) is 15.6. The molecular weight excluding hydrogens is 287 g/mol. The molecule has 1 fully saturated rings. The number of hydrogen-bond acceptors (Lipinski definition) is 4. The van der Waals surface area contributed by atoms with Crippen LogP contribution in [0, 0.1) is 0 Å². The molecule has 1 aliphatic heterocycles. The first kappa shape index (κ1) is 15.6. The van der Waals surface area contributed by atoms with E-state index in [-0.39, 0.29) is 11.4 Å². The highest BCUT2D eigenvalue weighted by Gasteiger charge is 2.34. The summed E-state index contributed by atoms with van der Waals surface area (Å²) in [5, 5.41) is 9.15. The van der Waals surface area contributed by atoms with Gasteiger partial charge in [-0.2, -0.15) is 13.2 Å². The minimum atomic E-state index is -4.59. The fourth-order valence-electron chi connectivity index (χ4n) is 2.27. The SMILES string of the molecule is CN1CCCN(c2nc(C(F)(F)F)ccc2C(=O)O)CC1. The van der Waals surface area contributed by atoms with E-state index in [1.54, 1.807) is 4.90 Å². The van der Waals surface area contributed by atoms with E-state index in [0.717, 1.165) is 19.0 Å². The number of nitrogens with zero attached hydrogens (tertiary/aromatic N) is 3. The summed E-state index contributed by atoms with van der Waals surface area (Å²) >= 11 is 0. The number of carbonyl (C=O) groups is 1. The van der Waals surface area contributed by atoms with Gasteiger partial charge in [0, 0.05) is 19.6 Å². The third-order valence-electron chi connectivity index (χ3n) is 3.42. The van der Waals surface area contributed by atoms with Crippen LogP contribution in [-0.4, -0.2) is 54.2 Å². The molecule has 0 radical (unpaired) electrons. The van der Waals surface area contributed by atoms with Gasteiger partial charge in [0.05, 0.1) is 0 Å². The summed E-state index contributed by atoms with van der Waals surface area (Å²) in [5.74, 6) is -1.38. The van der Waals surface area contributed by atoms with E-state index in [0.29, 0.717) is 25.7 Å². The van der Waals surface area contributed by atoms with E-state index in [1.165, 1.54) is 0 Å². The smallest absolute Gasteiger partial charge is 0.433 e. The van der Waals surface area contributed by atoms with Gasteiger partial charge in [-0.25, -0.2) is 9.78 Å². The number of halogens is 3. The minimum Gasteiger partial charge on any atom is -0.478 e. The summed E-state index contributed by atoms with van der Waals surface area (Å²) in [5.41, 5.74) is -1.27. The molecule has 1 saturated heterocycles. The number of pyridine rings is 1. The molecule has 1 aromatic heterocycles. The number of anilines is 1. The molecule has 0 aromatic carbocycles. The Morgan fingerprint density at radius 1 is 1.24 bits per heavy atom. The number of likely N-dealkylation sites (N-methyl/N-ethyl adjacent to an activating group) is 1. The molecule has 0 aliphatic carbocycles. The van der Waals surface area contributed by atoms with Crippen LogP contribution in [0.3, 0.4) is 0 Å². The van der Waals surface area contributed by atoms with Crippen LogP contribution < -0.4 is 4.90 Å². The Balaban J connectivity index is 2.40. The van der Waals surface area contributed by atoms with Crippen LogP contribution in [0.1, 0.15) is 22.5 Å². The van der Waals surface area contributed by atoms with Crippen LogP contribution >= 0.6 is 0 Å². The third-order valence-corrected chi connectivity index (χ3v) is 3.42. The van der Waals surface area contributed by atoms with Gasteiger partial charge in [0.1, 0.15) is 17.1 Å². The number of rotatable bonds is 2. The molecule has 0 bridgehead atoms. The molecule has 2 rings (SSSR count). The third kappa shape index (κ3) is 3.63. The van der Waals surface area contributed by atoms with Crippen LogP contribution in [0.25, 0.3) is 0 Å². The van der Waals surface area contributed by atoms with E-state index < -0.39 is 17.8 Å². The molecule has 5 nitrogen and oxygen atoms in total. The van der Waals surface area contributed by atoms with Gasteiger partial charge in [-0.3, -0.25) is 0 Å². The summed E-state index contributed by atoms with van der Waals surface area (Å²) in [6, 6.07) is 1.68. The quantitative estimate of drug-likeness (QED) is 0.905. The number of aromatic nitrogens is 1. The van der Waals surface area contributed by atoms with E-state index in [9.17, 15) is 18.0 Å². The fourth-order valence-corrected chi connectivity index (χ4v) is 2.27. The van der Waals surface area contributed by atoms with Gasteiger partial charge in [0.15, 0.2) is 0 Å². The molecule has 2 heterocycles. The van der Waals surface area contributed by atoms with Crippen molar-refractivity contribution < 1.29 is 23.1 Å². The topological polar surface area (TPSA) is 56.7 Å². The van der Waals surface area contributed by atoms with Crippen molar-refractivity contribution in [2.24, 2.45) is 0 Å². The van der Waals surface area contributed by atoms with Gasteiger partial charge in [0.2, 0.25) is 0 Å².